The molecular formula is C14H17NO3S2. The second-order valence-electron chi connectivity index (χ2n) is 4.28. The Hall–Kier alpha value is -1.37. The Labute approximate surface area is 123 Å². The van der Waals surface area contributed by atoms with Crippen LogP contribution < -0.4 is 4.31 Å². The first-order valence-corrected chi connectivity index (χ1v) is 8.74. The highest BCUT2D eigenvalue weighted by Gasteiger charge is 2.22. The molecular weight excluding hydrogens is 294 g/mol. The maximum Gasteiger partial charge on any atom is 0.237 e. The van der Waals surface area contributed by atoms with Crippen molar-refractivity contribution in [2.45, 2.75) is 6.54 Å². The van der Waals surface area contributed by atoms with Crippen molar-refractivity contribution in [2.75, 3.05) is 23.8 Å². The molecule has 0 radical (unpaired) electrons. The Morgan fingerprint density at radius 2 is 1.95 bits per heavy atom. The standard InChI is InChI=1S/C14H17NO3S2/c1-18-8-10-20(16,17)15(11-13-7-9-19-12-13)14-5-3-2-4-6-14/h2-7,9,12H,8,10-11H2,1H3. The van der Waals surface area contributed by atoms with E-state index in [1.165, 1.54) is 11.4 Å². The number of sulfonamides is 1. The lowest BCUT2D eigenvalue weighted by molar-refractivity contribution is 0.217. The molecule has 1 aromatic carbocycles. The SMILES string of the molecule is COCCS(=O)(=O)N(Cc1ccsc1)c1ccccc1. The van der Waals surface area contributed by atoms with Crippen molar-refractivity contribution in [3.8, 4) is 0 Å². The molecule has 0 unspecified atom stereocenters. The van der Waals surface area contributed by atoms with E-state index in [0.29, 0.717) is 12.2 Å². The minimum absolute atomic E-state index is 0.0253. The summed E-state index contributed by atoms with van der Waals surface area (Å²) in [6.45, 7) is 0.537. The second kappa shape index (κ2) is 6.88. The molecule has 6 heteroatoms. The third kappa shape index (κ3) is 3.82. The van der Waals surface area contributed by atoms with Crippen LogP contribution in [0.25, 0.3) is 0 Å². The van der Waals surface area contributed by atoms with Gasteiger partial charge in [0.05, 0.1) is 24.6 Å². The van der Waals surface area contributed by atoms with E-state index >= 15 is 0 Å². The highest BCUT2D eigenvalue weighted by molar-refractivity contribution is 7.92. The fraction of sp³-hybridized carbons (Fsp3) is 0.286. The lowest BCUT2D eigenvalue weighted by Gasteiger charge is -2.24. The molecule has 0 fully saturated rings. The molecule has 0 saturated carbocycles. The summed E-state index contributed by atoms with van der Waals surface area (Å²) in [5, 5.41) is 3.90. The number of rotatable bonds is 7. The first-order chi connectivity index (χ1) is 9.63. The third-order valence-electron chi connectivity index (χ3n) is 2.83. The zero-order chi connectivity index (χ0) is 14.4. The van der Waals surface area contributed by atoms with Gasteiger partial charge in [-0.1, -0.05) is 18.2 Å². The molecule has 2 rings (SSSR count). The Bertz CT molecular complexity index is 609. The summed E-state index contributed by atoms with van der Waals surface area (Å²) in [4.78, 5) is 0. The van der Waals surface area contributed by atoms with Gasteiger partial charge in [-0.3, -0.25) is 4.31 Å². The minimum Gasteiger partial charge on any atom is -0.384 e. The van der Waals surface area contributed by atoms with Crippen molar-refractivity contribution < 1.29 is 13.2 Å². The molecule has 0 N–H and O–H groups in total. The normalized spacial score (nSPS) is 11.4. The smallest absolute Gasteiger partial charge is 0.237 e. The van der Waals surface area contributed by atoms with Crippen LogP contribution in [0.4, 0.5) is 5.69 Å². The van der Waals surface area contributed by atoms with Gasteiger partial charge in [0.1, 0.15) is 0 Å². The molecule has 0 atom stereocenters. The number of ether oxygens (including phenoxy) is 1. The quantitative estimate of drug-likeness (QED) is 0.790. The summed E-state index contributed by atoms with van der Waals surface area (Å²) in [7, 11) is -1.90. The maximum absolute atomic E-state index is 12.5. The van der Waals surface area contributed by atoms with E-state index < -0.39 is 10.0 Å². The van der Waals surface area contributed by atoms with Crippen LogP contribution in [-0.2, 0) is 21.3 Å². The van der Waals surface area contributed by atoms with Gasteiger partial charge in [0.2, 0.25) is 10.0 Å². The van der Waals surface area contributed by atoms with Gasteiger partial charge in [-0.2, -0.15) is 11.3 Å². The van der Waals surface area contributed by atoms with Crippen molar-refractivity contribution in [1.29, 1.82) is 0 Å². The van der Waals surface area contributed by atoms with Crippen molar-refractivity contribution in [3.63, 3.8) is 0 Å². The second-order valence-corrected chi connectivity index (χ2v) is 7.08. The summed E-state index contributed by atoms with van der Waals surface area (Å²) in [5.41, 5.74) is 1.66. The molecule has 108 valence electrons. The molecule has 1 heterocycles. The van der Waals surface area contributed by atoms with Crippen LogP contribution in [0.5, 0.6) is 0 Å². The molecule has 0 saturated heterocycles. The highest BCUT2D eigenvalue weighted by Crippen LogP contribution is 2.22. The van der Waals surface area contributed by atoms with E-state index in [4.69, 9.17) is 4.74 Å². The van der Waals surface area contributed by atoms with E-state index in [2.05, 4.69) is 0 Å². The van der Waals surface area contributed by atoms with Crippen molar-refractivity contribution >= 4 is 27.0 Å². The Kier molecular flexibility index (Phi) is 5.17. The maximum atomic E-state index is 12.5. The van der Waals surface area contributed by atoms with Crippen LogP contribution in [0.2, 0.25) is 0 Å². The van der Waals surface area contributed by atoms with E-state index in [9.17, 15) is 8.42 Å². The Balaban J connectivity index is 2.29. The summed E-state index contributed by atoms with van der Waals surface area (Å²) in [6, 6.07) is 11.1. The van der Waals surface area contributed by atoms with Gasteiger partial charge in [-0.25, -0.2) is 8.42 Å². The average Bonchev–Trinajstić information content (AvgIpc) is 2.96. The fourth-order valence-electron chi connectivity index (χ4n) is 1.79. The van der Waals surface area contributed by atoms with Crippen LogP contribution in [-0.4, -0.2) is 27.9 Å². The predicted molar refractivity (Wildman–Crippen MR) is 82.6 cm³/mol. The molecule has 0 bridgehead atoms. The van der Waals surface area contributed by atoms with E-state index in [-0.39, 0.29) is 12.4 Å². The largest absolute Gasteiger partial charge is 0.384 e. The number of thiophene rings is 1. The topological polar surface area (TPSA) is 46.6 Å². The van der Waals surface area contributed by atoms with Crippen molar-refractivity contribution in [3.05, 3.63) is 52.7 Å². The van der Waals surface area contributed by atoms with E-state index in [0.717, 1.165) is 5.56 Å². The van der Waals surface area contributed by atoms with Gasteiger partial charge in [0, 0.05) is 7.11 Å². The number of nitrogens with zero attached hydrogens (tertiary/aromatic N) is 1. The summed E-state index contributed by atoms with van der Waals surface area (Å²) in [5.74, 6) is -0.0253. The van der Waals surface area contributed by atoms with Crippen molar-refractivity contribution in [2.24, 2.45) is 0 Å². The monoisotopic (exact) mass is 311 g/mol. The number of anilines is 1. The Morgan fingerprint density at radius 1 is 1.20 bits per heavy atom. The lowest BCUT2D eigenvalue weighted by atomic mass is 10.3. The van der Waals surface area contributed by atoms with Gasteiger partial charge in [-0.15, -0.1) is 0 Å². The molecule has 0 aliphatic rings. The van der Waals surface area contributed by atoms with Gasteiger partial charge in [-0.05, 0) is 34.5 Å². The molecule has 0 amide bonds. The zero-order valence-corrected chi connectivity index (χ0v) is 12.9. The third-order valence-corrected chi connectivity index (χ3v) is 5.26. The zero-order valence-electron chi connectivity index (χ0n) is 11.2. The number of para-hydroxylation sites is 1. The first kappa shape index (κ1) is 15.0. The highest BCUT2D eigenvalue weighted by atomic mass is 32.2. The molecule has 1 aromatic heterocycles. The number of hydrogen-bond donors (Lipinski definition) is 0. The number of hydrogen-bond acceptors (Lipinski definition) is 4. The van der Waals surface area contributed by atoms with Gasteiger partial charge in [0.25, 0.3) is 0 Å². The van der Waals surface area contributed by atoms with Crippen LogP contribution in [0.1, 0.15) is 5.56 Å². The van der Waals surface area contributed by atoms with Gasteiger partial charge >= 0.3 is 0 Å². The lowest BCUT2D eigenvalue weighted by Crippen LogP contribution is -2.33. The molecule has 2 aromatic rings. The first-order valence-electron chi connectivity index (χ1n) is 6.19. The van der Waals surface area contributed by atoms with Crippen LogP contribution >= 0.6 is 11.3 Å². The Morgan fingerprint density at radius 3 is 2.55 bits per heavy atom. The van der Waals surface area contributed by atoms with Crippen LogP contribution in [0, 0.1) is 0 Å². The predicted octanol–water partition coefficient (Wildman–Crippen LogP) is 2.73. The minimum atomic E-state index is -3.40. The molecule has 4 nitrogen and oxygen atoms in total. The fourth-order valence-corrected chi connectivity index (χ4v) is 3.84. The summed E-state index contributed by atoms with van der Waals surface area (Å²) < 4.78 is 31.3. The molecule has 0 aliphatic carbocycles. The molecule has 0 spiro atoms. The van der Waals surface area contributed by atoms with E-state index in [1.807, 2.05) is 35.0 Å². The van der Waals surface area contributed by atoms with Crippen LogP contribution in [0.3, 0.4) is 0 Å². The molecule has 0 aliphatic heterocycles. The molecule has 20 heavy (non-hydrogen) atoms. The van der Waals surface area contributed by atoms with Gasteiger partial charge in [0.15, 0.2) is 0 Å². The summed E-state index contributed by atoms with van der Waals surface area (Å²) >= 11 is 1.56. The number of methoxy groups -OCH3 is 1. The average molecular weight is 311 g/mol. The van der Waals surface area contributed by atoms with Gasteiger partial charge < -0.3 is 4.74 Å². The number of benzene rings is 1. The van der Waals surface area contributed by atoms with Crippen molar-refractivity contribution in [1.82, 2.24) is 0 Å². The van der Waals surface area contributed by atoms with Crippen LogP contribution in [0.15, 0.2) is 47.2 Å². The van der Waals surface area contributed by atoms with E-state index in [1.54, 1.807) is 23.5 Å². The summed E-state index contributed by atoms with van der Waals surface area (Å²) in [6.07, 6.45) is 0.